The van der Waals surface area contributed by atoms with E-state index in [9.17, 15) is 13.6 Å². The van der Waals surface area contributed by atoms with E-state index in [0.717, 1.165) is 21.3 Å². The molecule has 0 spiro atoms. The minimum atomic E-state index is -0.684. The maximum Gasteiger partial charge on any atom is 0.168 e. The average molecular weight is 372 g/mol. The molecule has 0 unspecified atom stereocenters. The lowest BCUT2D eigenvalue weighted by molar-refractivity contribution is 0.0991. The van der Waals surface area contributed by atoms with Gasteiger partial charge in [0.1, 0.15) is 11.6 Å². The Bertz CT molecular complexity index is 638. The van der Waals surface area contributed by atoms with Crippen LogP contribution < -0.4 is 0 Å². The van der Waals surface area contributed by atoms with Gasteiger partial charge < -0.3 is 0 Å². The number of hydrogen-bond donors (Lipinski definition) is 0. The van der Waals surface area contributed by atoms with Crippen molar-refractivity contribution in [2.75, 3.05) is 0 Å². The predicted molar refractivity (Wildman–Crippen MR) is 78.3 cm³/mol. The van der Waals surface area contributed by atoms with Crippen molar-refractivity contribution in [1.82, 2.24) is 0 Å². The van der Waals surface area contributed by atoms with Gasteiger partial charge in [-0.25, -0.2) is 8.78 Å². The van der Waals surface area contributed by atoms with Crippen LogP contribution >= 0.6 is 22.6 Å². The summed E-state index contributed by atoms with van der Waals surface area (Å²) in [5.41, 5.74) is 1.79. The summed E-state index contributed by atoms with van der Waals surface area (Å²) in [5, 5.41) is 0. The van der Waals surface area contributed by atoms with Crippen molar-refractivity contribution in [3.05, 3.63) is 68.3 Å². The highest BCUT2D eigenvalue weighted by Crippen LogP contribution is 2.19. The molecule has 0 bridgehead atoms. The van der Waals surface area contributed by atoms with Crippen LogP contribution in [0.4, 0.5) is 8.78 Å². The fourth-order valence-corrected chi connectivity index (χ4v) is 2.46. The Kier molecular flexibility index (Phi) is 4.29. The third-order valence-corrected chi connectivity index (χ3v) is 4.29. The number of carbonyl (C=O) groups is 1. The van der Waals surface area contributed by atoms with Crippen LogP contribution in [0.5, 0.6) is 0 Å². The van der Waals surface area contributed by atoms with Gasteiger partial charge in [0.05, 0.1) is 0 Å². The number of hydrogen-bond acceptors (Lipinski definition) is 1. The summed E-state index contributed by atoms with van der Waals surface area (Å²) in [6, 6.07) is 8.70. The van der Waals surface area contributed by atoms with E-state index >= 15 is 0 Å². The highest BCUT2D eigenvalue weighted by atomic mass is 127. The van der Waals surface area contributed by atoms with Gasteiger partial charge in [0.25, 0.3) is 0 Å². The van der Waals surface area contributed by atoms with Crippen LogP contribution in [0.2, 0.25) is 0 Å². The third kappa shape index (κ3) is 3.18. The van der Waals surface area contributed by atoms with E-state index in [1.807, 2.05) is 13.0 Å². The zero-order chi connectivity index (χ0) is 14.0. The van der Waals surface area contributed by atoms with Gasteiger partial charge >= 0.3 is 0 Å². The molecule has 0 aliphatic rings. The Morgan fingerprint density at radius 1 is 1.21 bits per heavy atom. The number of ketones is 1. The smallest absolute Gasteiger partial charge is 0.168 e. The fourth-order valence-electron chi connectivity index (χ4n) is 1.80. The maximum absolute atomic E-state index is 13.5. The molecule has 4 heteroatoms. The van der Waals surface area contributed by atoms with Gasteiger partial charge in [0, 0.05) is 21.6 Å². The van der Waals surface area contributed by atoms with Crippen molar-refractivity contribution in [3.63, 3.8) is 0 Å². The number of aryl methyl sites for hydroxylation is 1. The largest absolute Gasteiger partial charge is 0.294 e. The Morgan fingerprint density at radius 3 is 2.63 bits per heavy atom. The molecule has 0 radical (unpaired) electrons. The highest BCUT2D eigenvalue weighted by Gasteiger charge is 2.14. The molecule has 98 valence electrons. The minimum absolute atomic E-state index is 0.0639. The van der Waals surface area contributed by atoms with Crippen LogP contribution in [0.25, 0.3) is 0 Å². The Morgan fingerprint density at radius 2 is 1.95 bits per heavy atom. The van der Waals surface area contributed by atoms with Gasteiger partial charge in [-0.1, -0.05) is 24.3 Å². The minimum Gasteiger partial charge on any atom is -0.294 e. The molecule has 0 atom stereocenters. The molecule has 0 aromatic heterocycles. The first-order valence-corrected chi connectivity index (χ1v) is 6.79. The van der Waals surface area contributed by atoms with Gasteiger partial charge in [0.2, 0.25) is 0 Å². The molecule has 1 nitrogen and oxygen atoms in total. The van der Waals surface area contributed by atoms with E-state index in [1.165, 1.54) is 6.07 Å². The summed E-state index contributed by atoms with van der Waals surface area (Å²) >= 11 is 2.10. The molecule has 0 N–H and O–H groups in total. The first kappa shape index (κ1) is 14.1. The third-order valence-electron chi connectivity index (χ3n) is 2.86. The number of Topliss-reactive ketones (excluding diaryl/α,β-unsaturated/α-hetero) is 1. The van der Waals surface area contributed by atoms with Crippen molar-refractivity contribution in [2.45, 2.75) is 13.3 Å². The van der Waals surface area contributed by atoms with E-state index < -0.39 is 11.6 Å². The Labute approximate surface area is 123 Å². The van der Waals surface area contributed by atoms with Gasteiger partial charge in [-0.15, -0.1) is 0 Å². The van der Waals surface area contributed by atoms with E-state index in [2.05, 4.69) is 22.6 Å². The maximum atomic E-state index is 13.5. The molecule has 2 rings (SSSR count). The van der Waals surface area contributed by atoms with Crippen LogP contribution in [0.15, 0.2) is 36.4 Å². The lowest BCUT2D eigenvalue weighted by Crippen LogP contribution is -2.08. The molecule has 19 heavy (non-hydrogen) atoms. The normalized spacial score (nSPS) is 10.5. The van der Waals surface area contributed by atoms with Crippen LogP contribution in [0.3, 0.4) is 0 Å². The standard InChI is InChI=1S/C15H11F2IO/c1-9-3-2-4-12(15(9)18)14(19)7-10-5-6-11(16)8-13(10)17/h2-6,8H,7H2,1H3. The van der Waals surface area contributed by atoms with E-state index in [1.54, 1.807) is 12.1 Å². The number of carbonyl (C=O) groups excluding carboxylic acids is 1. The monoisotopic (exact) mass is 372 g/mol. The Hall–Kier alpha value is -1.30. The van der Waals surface area contributed by atoms with Gasteiger partial charge in [-0.2, -0.15) is 0 Å². The van der Waals surface area contributed by atoms with Crippen LogP contribution in [0.1, 0.15) is 21.5 Å². The zero-order valence-electron chi connectivity index (χ0n) is 10.2. The first-order valence-electron chi connectivity index (χ1n) is 5.71. The van der Waals surface area contributed by atoms with Crippen molar-refractivity contribution in [2.24, 2.45) is 0 Å². The van der Waals surface area contributed by atoms with Crippen LogP contribution in [-0.4, -0.2) is 5.78 Å². The van der Waals surface area contributed by atoms with Crippen molar-refractivity contribution in [1.29, 1.82) is 0 Å². The summed E-state index contributed by atoms with van der Waals surface area (Å²) in [6.45, 7) is 1.91. The van der Waals surface area contributed by atoms with Crippen LogP contribution in [0, 0.1) is 22.1 Å². The number of rotatable bonds is 3. The molecule has 0 saturated heterocycles. The molecule has 0 saturated carbocycles. The number of halogens is 3. The van der Waals surface area contributed by atoms with Gasteiger partial charge in [0.15, 0.2) is 5.78 Å². The van der Waals surface area contributed by atoms with Gasteiger partial charge in [-0.3, -0.25) is 4.79 Å². The molecule has 0 fully saturated rings. The summed E-state index contributed by atoms with van der Waals surface area (Å²) in [7, 11) is 0. The molecule has 0 amide bonds. The molecule has 2 aromatic carbocycles. The van der Waals surface area contributed by atoms with E-state index in [0.29, 0.717) is 5.56 Å². The topological polar surface area (TPSA) is 17.1 Å². The predicted octanol–water partition coefficient (Wildman–Crippen LogP) is 4.30. The highest BCUT2D eigenvalue weighted by molar-refractivity contribution is 14.1. The van der Waals surface area contributed by atoms with Crippen molar-refractivity contribution in [3.8, 4) is 0 Å². The van der Waals surface area contributed by atoms with Crippen molar-refractivity contribution >= 4 is 28.4 Å². The second-order valence-electron chi connectivity index (χ2n) is 4.27. The fraction of sp³-hybridized carbons (Fsp3) is 0.133. The molecule has 0 aliphatic heterocycles. The quantitative estimate of drug-likeness (QED) is 0.580. The SMILES string of the molecule is Cc1cccc(C(=O)Cc2ccc(F)cc2F)c1I. The molecular formula is C15H11F2IO. The van der Waals surface area contributed by atoms with E-state index in [4.69, 9.17) is 0 Å². The Balaban J connectivity index is 2.28. The van der Waals surface area contributed by atoms with Gasteiger partial charge in [-0.05, 0) is 46.7 Å². The lowest BCUT2D eigenvalue weighted by Gasteiger charge is -2.07. The molecule has 0 aliphatic carbocycles. The second kappa shape index (κ2) is 5.77. The molecule has 2 aromatic rings. The average Bonchev–Trinajstić information content (AvgIpc) is 2.36. The molecule has 0 heterocycles. The van der Waals surface area contributed by atoms with Crippen molar-refractivity contribution < 1.29 is 13.6 Å². The molecular weight excluding hydrogens is 361 g/mol. The summed E-state index contributed by atoms with van der Waals surface area (Å²) in [5.74, 6) is -1.49. The summed E-state index contributed by atoms with van der Waals surface area (Å²) in [6.07, 6.45) is -0.0639. The zero-order valence-corrected chi connectivity index (χ0v) is 12.4. The van der Waals surface area contributed by atoms with E-state index in [-0.39, 0.29) is 17.8 Å². The second-order valence-corrected chi connectivity index (χ2v) is 5.35. The first-order chi connectivity index (χ1) is 8.99. The van der Waals surface area contributed by atoms with Crippen LogP contribution in [-0.2, 0) is 6.42 Å². The number of benzene rings is 2. The summed E-state index contributed by atoms with van der Waals surface area (Å²) < 4.78 is 27.2. The lowest BCUT2D eigenvalue weighted by atomic mass is 10.0. The summed E-state index contributed by atoms with van der Waals surface area (Å²) in [4.78, 5) is 12.2.